The third kappa shape index (κ3) is 7.09. The number of primary amides is 1. The summed E-state index contributed by atoms with van der Waals surface area (Å²) in [5, 5.41) is 12.9. The van der Waals surface area contributed by atoms with E-state index in [1.165, 1.54) is 48.8 Å². The number of amides is 1. The lowest BCUT2D eigenvalue weighted by Gasteiger charge is -2.22. The lowest BCUT2D eigenvalue weighted by Crippen LogP contribution is -2.28. The molecule has 2 aliphatic carbocycles. The monoisotopic (exact) mass is 756 g/mol. The fourth-order valence-corrected chi connectivity index (χ4v) is 8.68. The first-order valence-electron chi connectivity index (χ1n) is 17.4. The maximum absolute atomic E-state index is 15.4. The van der Waals surface area contributed by atoms with E-state index < -0.39 is 24.3 Å². The van der Waals surface area contributed by atoms with E-state index in [0.717, 1.165) is 10.4 Å². The summed E-state index contributed by atoms with van der Waals surface area (Å²) in [7, 11) is 1.47. The predicted molar refractivity (Wildman–Crippen MR) is 204 cm³/mol. The van der Waals surface area contributed by atoms with Crippen molar-refractivity contribution in [3.8, 4) is 27.6 Å². The number of ether oxygens (including phenoxy) is 1. The second-order valence-corrected chi connectivity index (χ2v) is 15.3. The van der Waals surface area contributed by atoms with Gasteiger partial charge in [0.05, 0.1) is 34.3 Å². The lowest BCUT2D eigenvalue weighted by molar-refractivity contribution is -0.00734. The molecule has 3 N–H and O–H groups in total. The highest BCUT2D eigenvalue weighted by Crippen LogP contribution is 2.50. The van der Waals surface area contributed by atoms with E-state index in [9.17, 15) is 4.79 Å². The smallest absolute Gasteiger partial charge is 0.276 e. The van der Waals surface area contributed by atoms with Crippen LogP contribution in [0, 0.1) is 19.8 Å². The molecule has 4 aromatic heterocycles. The molecule has 0 aliphatic heterocycles. The van der Waals surface area contributed by atoms with E-state index in [1.807, 2.05) is 32.9 Å². The number of pyridine rings is 2. The number of halogens is 3. The van der Waals surface area contributed by atoms with E-state index in [0.29, 0.717) is 67.1 Å². The van der Waals surface area contributed by atoms with Gasteiger partial charge in [0, 0.05) is 40.6 Å². The minimum absolute atomic E-state index is 0.200. The Morgan fingerprint density at radius 3 is 2.62 bits per heavy atom. The van der Waals surface area contributed by atoms with E-state index in [2.05, 4.69) is 32.6 Å². The number of hydrogen-bond donors (Lipinski definition) is 2. The summed E-state index contributed by atoms with van der Waals surface area (Å²) < 4.78 is 42.7. The molecule has 53 heavy (non-hydrogen) atoms. The molecule has 0 radical (unpaired) electrons. The topological polar surface area (TPSA) is 129 Å². The van der Waals surface area contributed by atoms with Crippen LogP contribution in [0.25, 0.3) is 32.0 Å². The predicted octanol–water partition coefficient (Wildman–Crippen LogP) is 9.50. The quantitative estimate of drug-likeness (QED) is 0.157. The van der Waals surface area contributed by atoms with Crippen molar-refractivity contribution in [3.05, 3.63) is 105 Å². The molecule has 274 valence electrons. The van der Waals surface area contributed by atoms with Crippen LogP contribution in [0.3, 0.4) is 0 Å². The van der Waals surface area contributed by atoms with Gasteiger partial charge in [0.1, 0.15) is 17.6 Å². The molecule has 0 saturated carbocycles. The minimum Gasteiger partial charge on any atom is -0.496 e. The summed E-state index contributed by atoms with van der Waals surface area (Å²) in [6.07, 6.45) is 5.41. The molecule has 2 aliphatic rings. The zero-order valence-corrected chi connectivity index (χ0v) is 31.6. The second-order valence-electron chi connectivity index (χ2n) is 13.9. The number of benzene rings is 2. The van der Waals surface area contributed by atoms with Crippen LogP contribution in [-0.4, -0.2) is 39.1 Å². The Morgan fingerprint density at radius 1 is 1.11 bits per heavy atom. The Bertz CT molecular complexity index is 2360. The van der Waals surface area contributed by atoms with Gasteiger partial charge in [-0.1, -0.05) is 43.6 Å². The molecule has 8 rings (SSSR count). The zero-order valence-electron chi connectivity index (χ0n) is 30.0. The number of carbonyl (C=O) groups is 1. The summed E-state index contributed by atoms with van der Waals surface area (Å²) in [6.45, 7) is 7.57. The molecule has 1 unspecified atom stereocenters. The third-order valence-corrected chi connectivity index (χ3v) is 11.0. The Labute approximate surface area is 315 Å². The van der Waals surface area contributed by atoms with Gasteiger partial charge in [0.2, 0.25) is 11.8 Å². The normalized spacial score (nSPS) is 15.6. The molecule has 1 atom stereocenters. The van der Waals surface area contributed by atoms with E-state index in [1.54, 1.807) is 37.4 Å². The number of thiophene rings is 1. The molecule has 0 spiro atoms. The van der Waals surface area contributed by atoms with Gasteiger partial charge in [-0.3, -0.25) is 9.78 Å². The van der Waals surface area contributed by atoms with Crippen LogP contribution in [0.4, 0.5) is 14.6 Å². The van der Waals surface area contributed by atoms with Crippen LogP contribution >= 0.6 is 22.9 Å². The van der Waals surface area contributed by atoms with Gasteiger partial charge in [0.15, 0.2) is 0 Å². The van der Waals surface area contributed by atoms with E-state index in [4.69, 9.17) is 31.5 Å². The Kier molecular flexibility index (Phi) is 9.94. The number of nitrogens with one attached hydrogen (secondary N) is 1. The summed E-state index contributed by atoms with van der Waals surface area (Å²) in [6, 6.07) is 13.7. The van der Waals surface area contributed by atoms with Crippen molar-refractivity contribution >= 4 is 44.7 Å². The number of alkyl halides is 2. The van der Waals surface area contributed by atoms with Crippen LogP contribution in [0.1, 0.15) is 76.2 Å². The number of anilines is 1. The summed E-state index contributed by atoms with van der Waals surface area (Å²) >= 11 is 7.14. The summed E-state index contributed by atoms with van der Waals surface area (Å²) in [5.74, 6) is -2.21. The number of aryl methyl sites for hydroxylation is 4. The molecule has 0 saturated heterocycles. The number of aromatic nitrogens is 4. The van der Waals surface area contributed by atoms with Crippen molar-refractivity contribution in [3.63, 3.8) is 0 Å². The fraction of sp³-hybridized carbons (Fsp3) is 0.325. The lowest BCUT2D eigenvalue weighted by atomic mass is 9.93. The van der Waals surface area contributed by atoms with E-state index >= 15 is 8.78 Å². The average Bonchev–Trinajstić information content (AvgIpc) is 3.90. The Balaban J connectivity index is 0.000000373. The van der Waals surface area contributed by atoms with E-state index in [-0.39, 0.29) is 17.4 Å². The number of rotatable bonds is 8. The zero-order chi connectivity index (χ0) is 37.6. The summed E-state index contributed by atoms with van der Waals surface area (Å²) in [5.41, 5.74) is 12.3. The molecular formula is C40H39ClF2N6O3S. The van der Waals surface area contributed by atoms with Crippen molar-refractivity contribution in [2.75, 3.05) is 12.4 Å². The fourth-order valence-electron chi connectivity index (χ4n) is 7.32. The number of carbonyl (C=O) groups excluding carboxylic acids is 1. The van der Waals surface area contributed by atoms with Gasteiger partial charge in [-0.2, -0.15) is 0 Å². The molecule has 6 aromatic rings. The molecule has 0 fully saturated rings. The Hall–Kier alpha value is -4.94. The van der Waals surface area contributed by atoms with Crippen LogP contribution in [0.2, 0.25) is 5.02 Å². The molecular weight excluding hydrogens is 718 g/mol. The maximum atomic E-state index is 15.4. The first kappa shape index (κ1) is 36.4. The number of nitrogens with zero attached hydrogens (tertiary/aromatic N) is 4. The van der Waals surface area contributed by atoms with Crippen molar-refractivity contribution in [2.45, 2.75) is 71.8 Å². The molecule has 9 nitrogen and oxygen atoms in total. The van der Waals surface area contributed by atoms with Gasteiger partial charge in [0.25, 0.3) is 11.8 Å². The highest BCUT2D eigenvalue weighted by molar-refractivity contribution is 7.23. The van der Waals surface area contributed by atoms with Gasteiger partial charge in [-0.25, -0.2) is 13.8 Å². The number of methoxy groups -OCH3 is 1. The van der Waals surface area contributed by atoms with Gasteiger partial charge in [-0.05, 0) is 90.9 Å². The van der Waals surface area contributed by atoms with Gasteiger partial charge >= 0.3 is 0 Å². The summed E-state index contributed by atoms with van der Waals surface area (Å²) in [4.78, 5) is 22.9. The minimum atomic E-state index is -3.07. The van der Waals surface area contributed by atoms with Crippen LogP contribution in [0.5, 0.6) is 5.75 Å². The van der Waals surface area contributed by atoms with Crippen molar-refractivity contribution in [1.29, 1.82) is 0 Å². The largest absolute Gasteiger partial charge is 0.496 e. The SMILES string of the molecule is COc1cccc2c1CC(F)(F)C2Nc1nccc2cc(-c3c(C(N)=O)c(CC(C)C)nc(C)c3-c3nnc(C)o3)sc12.Clc1ccc2c(c1)CCC2. The molecule has 4 heterocycles. The molecule has 1 amide bonds. The first-order chi connectivity index (χ1) is 25.3. The average molecular weight is 757 g/mol. The molecule has 0 bridgehead atoms. The van der Waals surface area contributed by atoms with Crippen LogP contribution in [0.15, 0.2) is 59.1 Å². The molecule has 13 heteroatoms. The van der Waals surface area contributed by atoms with Crippen molar-refractivity contribution in [1.82, 2.24) is 20.2 Å². The highest BCUT2D eigenvalue weighted by atomic mass is 35.5. The number of fused-ring (bicyclic) bond motifs is 3. The molecule has 2 aromatic carbocycles. The van der Waals surface area contributed by atoms with Gasteiger partial charge < -0.3 is 20.2 Å². The Morgan fingerprint density at radius 2 is 1.91 bits per heavy atom. The van der Waals surface area contributed by atoms with Gasteiger partial charge in [-0.15, -0.1) is 21.5 Å². The third-order valence-electron chi connectivity index (χ3n) is 9.60. The maximum Gasteiger partial charge on any atom is 0.276 e. The number of hydrogen-bond acceptors (Lipinski definition) is 9. The standard InChI is InChI=1S/C31H30F2N6O3S.C9H9Cl/c1-14(2)11-20-24(28(34)40)25(23(15(3)36-20)30-39-38-16(4)42-30)22-12-17-9-10-35-29(26(17)43-22)37-27-18-7-6-8-21(41-5)19(18)13-31(27,32)33;10-9-5-4-7-2-1-3-8(7)6-9/h6-10,12,14,27H,11,13H2,1-5H3,(H2,34,40)(H,35,37);4-6H,1-3H2. The van der Waals surface area contributed by atoms with Crippen LogP contribution < -0.4 is 15.8 Å². The highest BCUT2D eigenvalue weighted by Gasteiger charge is 2.49. The van der Waals surface area contributed by atoms with Crippen molar-refractivity contribution < 1.29 is 22.7 Å². The number of nitrogens with two attached hydrogens (primary N) is 1. The first-order valence-corrected chi connectivity index (χ1v) is 18.6. The van der Waals surface area contributed by atoms with Crippen LogP contribution in [-0.2, 0) is 25.7 Å². The van der Waals surface area contributed by atoms with Crippen molar-refractivity contribution in [2.24, 2.45) is 11.7 Å². The second kappa shape index (κ2) is 14.5.